The molecule has 150 valence electrons. The van der Waals surface area contributed by atoms with E-state index < -0.39 is 0 Å². The van der Waals surface area contributed by atoms with E-state index in [1.54, 1.807) is 0 Å². The fourth-order valence-corrected chi connectivity index (χ4v) is 3.60. The summed E-state index contributed by atoms with van der Waals surface area (Å²) in [6.07, 6.45) is 22.3. The van der Waals surface area contributed by atoms with Gasteiger partial charge in [0.25, 0.3) is 0 Å². The molecule has 0 amide bonds. The number of hydrogen-bond acceptors (Lipinski definition) is 3. The van der Waals surface area contributed by atoms with Crippen molar-refractivity contribution in [3.63, 3.8) is 0 Å². The van der Waals surface area contributed by atoms with E-state index in [4.69, 9.17) is 14.6 Å². The Morgan fingerprint density at radius 1 is 0.600 bits per heavy atom. The van der Waals surface area contributed by atoms with Crippen LogP contribution in [-0.4, -0.2) is 37.1 Å². The molecular formula is C22H44O3. The van der Waals surface area contributed by atoms with Gasteiger partial charge >= 0.3 is 0 Å². The highest BCUT2D eigenvalue weighted by molar-refractivity contribution is 4.67. The summed E-state index contributed by atoms with van der Waals surface area (Å²) < 4.78 is 11.3. The van der Waals surface area contributed by atoms with Gasteiger partial charge < -0.3 is 14.6 Å². The minimum atomic E-state index is -0.0997. The molecule has 1 saturated heterocycles. The van der Waals surface area contributed by atoms with Gasteiger partial charge in [0.1, 0.15) is 6.10 Å². The van der Waals surface area contributed by atoms with Crippen LogP contribution in [0.2, 0.25) is 0 Å². The highest BCUT2D eigenvalue weighted by Gasteiger charge is 2.20. The first-order valence-electron chi connectivity index (χ1n) is 11.2. The maximum atomic E-state index is 8.99. The van der Waals surface area contributed by atoms with Gasteiger partial charge in [0.05, 0.1) is 25.9 Å². The summed E-state index contributed by atoms with van der Waals surface area (Å²) in [5.41, 5.74) is 0. The minimum absolute atomic E-state index is 0.0751. The standard InChI is InChI=1S/C22H44O3/c1-2-3-4-5-6-7-8-9-10-11-12-13-14-15-16-17-21-19-25-22(18-23)20-24-21/h21-23H,2-20H2,1H3/t21-,22-/m1/s1. The van der Waals surface area contributed by atoms with Gasteiger partial charge in [0.15, 0.2) is 0 Å². The zero-order chi connectivity index (χ0) is 18.0. The van der Waals surface area contributed by atoms with Gasteiger partial charge in [-0.25, -0.2) is 0 Å². The van der Waals surface area contributed by atoms with Crippen molar-refractivity contribution in [2.45, 2.75) is 122 Å². The van der Waals surface area contributed by atoms with Crippen molar-refractivity contribution in [2.75, 3.05) is 19.8 Å². The van der Waals surface area contributed by atoms with E-state index in [9.17, 15) is 0 Å². The van der Waals surface area contributed by atoms with Crippen LogP contribution >= 0.6 is 0 Å². The van der Waals surface area contributed by atoms with Crippen LogP contribution in [0, 0.1) is 0 Å². The van der Waals surface area contributed by atoms with E-state index >= 15 is 0 Å². The van der Waals surface area contributed by atoms with Gasteiger partial charge in [-0.1, -0.05) is 103 Å². The van der Waals surface area contributed by atoms with E-state index in [0.717, 1.165) is 6.42 Å². The molecule has 3 nitrogen and oxygen atoms in total. The Labute approximate surface area is 156 Å². The van der Waals surface area contributed by atoms with Crippen molar-refractivity contribution in [1.29, 1.82) is 0 Å². The lowest BCUT2D eigenvalue weighted by Gasteiger charge is -2.28. The summed E-state index contributed by atoms with van der Waals surface area (Å²) in [6, 6.07) is 0. The molecule has 0 aromatic rings. The number of hydrogen-bond donors (Lipinski definition) is 1. The molecule has 0 bridgehead atoms. The van der Waals surface area contributed by atoms with Crippen molar-refractivity contribution in [3.05, 3.63) is 0 Å². The number of aliphatic hydroxyl groups is 1. The Morgan fingerprint density at radius 2 is 1.00 bits per heavy atom. The minimum Gasteiger partial charge on any atom is -0.394 e. The van der Waals surface area contributed by atoms with Crippen LogP contribution in [0.4, 0.5) is 0 Å². The summed E-state index contributed by atoms with van der Waals surface area (Å²) in [5.74, 6) is 0. The second-order valence-corrected chi connectivity index (χ2v) is 7.83. The molecule has 1 heterocycles. The lowest BCUT2D eigenvalue weighted by molar-refractivity contribution is -0.146. The summed E-state index contributed by atoms with van der Waals surface area (Å²) >= 11 is 0. The lowest BCUT2D eigenvalue weighted by Crippen LogP contribution is -2.37. The molecule has 1 aliphatic rings. The van der Waals surface area contributed by atoms with E-state index in [-0.39, 0.29) is 18.8 Å². The molecule has 0 aromatic heterocycles. The van der Waals surface area contributed by atoms with Gasteiger partial charge in [0.2, 0.25) is 0 Å². The number of aliphatic hydroxyl groups excluding tert-OH is 1. The predicted octanol–water partition coefficient (Wildman–Crippen LogP) is 6.02. The molecule has 0 radical (unpaired) electrons. The number of rotatable bonds is 17. The summed E-state index contributed by atoms with van der Waals surface area (Å²) in [7, 11) is 0. The number of ether oxygens (including phenoxy) is 2. The third-order valence-corrected chi connectivity index (χ3v) is 5.37. The van der Waals surface area contributed by atoms with Gasteiger partial charge in [-0.2, -0.15) is 0 Å². The van der Waals surface area contributed by atoms with Crippen LogP contribution < -0.4 is 0 Å². The van der Waals surface area contributed by atoms with Crippen LogP contribution in [0.1, 0.15) is 110 Å². The monoisotopic (exact) mass is 356 g/mol. The normalized spacial score (nSPS) is 20.9. The highest BCUT2D eigenvalue weighted by atomic mass is 16.6. The zero-order valence-electron chi connectivity index (χ0n) is 16.9. The fraction of sp³-hybridized carbons (Fsp3) is 1.00. The Kier molecular flexibility index (Phi) is 15.9. The molecule has 1 aliphatic heterocycles. The van der Waals surface area contributed by atoms with Crippen molar-refractivity contribution < 1.29 is 14.6 Å². The smallest absolute Gasteiger partial charge is 0.104 e. The predicted molar refractivity (Wildman–Crippen MR) is 106 cm³/mol. The Hall–Kier alpha value is -0.120. The Bertz CT molecular complexity index is 262. The second kappa shape index (κ2) is 17.3. The average molecular weight is 357 g/mol. The second-order valence-electron chi connectivity index (χ2n) is 7.83. The largest absolute Gasteiger partial charge is 0.394 e. The molecule has 0 aliphatic carbocycles. The molecule has 1 rings (SSSR count). The van der Waals surface area contributed by atoms with Crippen LogP contribution in [-0.2, 0) is 9.47 Å². The summed E-state index contributed by atoms with van der Waals surface area (Å²) in [6.45, 7) is 3.57. The lowest BCUT2D eigenvalue weighted by atomic mass is 10.0. The fourth-order valence-electron chi connectivity index (χ4n) is 3.60. The third kappa shape index (κ3) is 13.7. The van der Waals surface area contributed by atoms with Crippen LogP contribution in [0.25, 0.3) is 0 Å². The molecule has 3 heteroatoms. The Morgan fingerprint density at radius 3 is 1.40 bits per heavy atom. The first-order chi connectivity index (χ1) is 12.4. The summed E-state index contributed by atoms with van der Waals surface area (Å²) in [5, 5.41) is 8.99. The molecule has 2 atom stereocenters. The van der Waals surface area contributed by atoms with Crippen LogP contribution in [0.15, 0.2) is 0 Å². The first-order valence-corrected chi connectivity index (χ1v) is 11.2. The van der Waals surface area contributed by atoms with Crippen LogP contribution in [0.3, 0.4) is 0 Å². The zero-order valence-corrected chi connectivity index (χ0v) is 16.9. The number of unbranched alkanes of at least 4 members (excludes halogenated alkanes) is 14. The molecular weight excluding hydrogens is 312 g/mol. The SMILES string of the molecule is CCCCCCCCCCCCCCCCC[C@@H]1CO[C@H](CO)CO1. The van der Waals surface area contributed by atoms with E-state index in [2.05, 4.69) is 6.92 Å². The molecule has 0 spiro atoms. The molecule has 0 unspecified atom stereocenters. The van der Waals surface area contributed by atoms with Crippen LogP contribution in [0.5, 0.6) is 0 Å². The van der Waals surface area contributed by atoms with Crippen molar-refractivity contribution in [2.24, 2.45) is 0 Å². The van der Waals surface area contributed by atoms with E-state index in [1.807, 2.05) is 0 Å². The quantitative estimate of drug-likeness (QED) is 0.324. The topological polar surface area (TPSA) is 38.7 Å². The first kappa shape index (κ1) is 22.9. The van der Waals surface area contributed by atoms with E-state index in [0.29, 0.717) is 13.2 Å². The van der Waals surface area contributed by atoms with Crippen molar-refractivity contribution in [3.8, 4) is 0 Å². The molecule has 0 saturated carbocycles. The van der Waals surface area contributed by atoms with Gasteiger partial charge in [-0.15, -0.1) is 0 Å². The maximum absolute atomic E-state index is 8.99. The van der Waals surface area contributed by atoms with Gasteiger partial charge in [-0.05, 0) is 6.42 Å². The average Bonchev–Trinajstić information content (AvgIpc) is 2.65. The third-order valence-electron chi connectivity index (χ3n) is 5.37. The molecule has 25 heavy (non-hydrogen) atoms. The molecule has 0 aromatic carbocycles. The maximum Gasteiger partial charge on any atom is 0.104 e. The van der Waals surface area contributed by atoms with Gasteiger partial charge in [-0.3, -0.25) is 0 Å². The van der Waals surface area contributed by atoms with Crippen molar-refractivity contribution in [1.82, 2.24) is 0 Å². The van der Waals surface area contributed by atoms with Gasteiger partial charge in [0, 0.05) is 0 Å². The summed E-state index contributed by atoms with van der Waals surface area (Å²) in [4.78, 5) is 0. The molecule has 1 fully saturated rings. The highest BCUT2D eigenvalue weighted by Crippen LogP contribution is 2.16. The Balaban J connectivity index is 1.71. The molecule has 1 N–H and O–H groups in total. The van der Waals surface area contributed by atoms with E-state index in [1.165, 1.54) is 96.3 Å². The van der Waals surface area contributed by atoms with Crippen molar-refractivity contribution >= 4 is 0 Å².